The second kappa shape index (κ2) is 22.0. The van der Waals surface area contributed by atoms with Crippen molar-refractivity contribution in [2.75, 3.05) is 11.5 Å². The van der Waals surface area contributed by atoms with Gasteiger partial charge in [-0.1, -0.05) is 104 Å². The number of carbonyl (C=O) groups excluding carboxylic acids is 1. The molecule has 344 valence electrons. The number of nitrogens with two attached hydrogens (primary N) is 3. The van der Waals surface area contributed by atoms with Gasteiger partial charge < -0.3 is 32.5 Å². The van der Waals surface area contributed by atoms with Crippen LogP contribution in [0.25, 0.3) is 71.7 Å². The maximum absolute atomic E-state index is 13.0. The third-order valence-corrected chi connectivity index (χ3v) is 10.6. The first-order valence-electron chi connectivity index (χ1n) is 21.7. The monoisotopic (exact) mass is 932 g/mol. The van der Waals surface area contributed by atoms with Crippen molar-refractivity contribution >= 4 is 51.1 Å². The number of nitrogens with zero attached hydrogens (tertiary/aromatic N) is 10. The molecule has 17 nitrogen and oxygen atoms in total. The molecule has 10 rings (SSSR count). The summed E-state index contributed by atoms with van der Waals surface area (Å²) in [7, 11) is 0. The van der Waals surface area contributed by atoms with Crippen LogP contribution < -0.4 is 22.5 Å². The Morgan fingerprint density at radius 3 is 1.63 bits per heavy atom. The summed E-state index contributed by atoms with van der Waals surface area (Å²) in [6.45, 7) is 7.15. The maximum Gasteiger partial charge on any atom is 0.358 e. The van der Waals surface area contributed by atoms with Crippen molar-refractivity contribution in [2.45, 2.75) is 13.1 Å². The molecule has 0 spiro atoms. The molecule has 0 aliphatic carbocycles. The summed E-state index contributed by atoms with van der Waals surface area (Å²) in [4.78, 5) is 62.4. The van der Waals surface area contributed by atoms with Gasteiger partial charge in [-0.15, -0.1) is 4.98 Å². The van der Waals surface area contributed by atoms with E-state index in [2.05, 4.69) is 50.0 Å². The number of hydrogen-bond donors (Lipinski definition) is 5. The number of hydrogen-bond acceptors (Lipinski definition) is 14. The fourth-order valence-electron chi connectivity index (χ4n) is 7.20. The largest absolute Gasteiger partial charge is 0.476 e. The van der Waals surface area contributed by atoms with E-state index in [1.54, 1.807) is 48.8 Å². The van der Waals surface area contributed by atoms with Crippen LogP contribution in [0.3, 0.4) is 0 Å². The van der Waals surface area contributed by atoms with Gasteiger partial charge in [-0.05, 0) is 60.7 Å². The van der Waals surface area contributed by atoms with Crippen LogP contribution in [0.15, 0.2) is 170 Å². The molecule has 1 amide bonds. The highest BCUT2D eigenvalue weighted by atomic mass is 16.4. The quantitative estimate of drug-likeness (QED) is 0.0845. The van der Waals surface area contributed by atoms with Crippen LogP contribution in [0.2, 0.25) is 0 Å². The van der Waals surface area contributed by atoms with Gasteiger partial charge in [0.1, 0.15) is 17.5 Å². The zero-order valence-electron chi connectivity index (χ0n) is 37.5. The molecule has 10 aromatic rings. The van der Waals surface area contributed by atoms with Gasteiger partial charge in [0.05, 0.1) is 52.6 Å². The minimum Gasteiger partial charge on any atom is -0.476 e. The molecule has 0 saturated heterocycles. The van der Waals surface area contributed by atoms with Crippen LogP contribution in [0, 0.1) is 17.9 Å². The van der Waals surface area contributed by atoms with Gasteiger partial charge in [-0.3, -0.25) is 14.8 Å². The van der Waals surface area contributed by atoms with E-state index in [-0.39, 0.29) is 35.3 Å². The molecule has 0 saturated carbocycles. The summed E-state index contributed by atoms with van der Waals surface area (Å²) < 4.78 is 0. The molecule has 0 aliphatic heterocycles. The highest BCUT2D eigenvalue weighted by Gasteiger charge is 2.22. The van der Waals surface area contributed by atoms with Crippen LogP contribution >= 0.6 is 0 Å². The Morgan fingerprint density at radius 1 is 0.577 bits per heavy atom. The van der Waals surface area contributed by atoms with E-state index in [0.29, 0.717) is 40.8 Å². The van der Waals surface area contributed by atoms with Crippen molar-refractivity contribution in [1.82, 2.24) is 45.2 Å². The van der Waals surface area contributed by atoms with Gasteiger partial charge in [0.25, 0.3) is 11.7 Å². The van der Waals surface area contributed by atoms with E-state index < -0.39 is 11.9 Å². The van der Waals surface area contributed by atoms with E-state index in [1.807, 2.05) is 127 Å². The highest BCUT2D eigenvalue weighted by Crippen LogP contribution is 2.34. The fourth-order valence-corrected chi connectivity index (χ4v) is 7.20. The molecule has 0 radical (unpaired) electrons. The van der Waals surface area contributed by atoms with Gasteiger partial charge in [-0.2, -0.15) is 5.26 Å². The molecular formula is C54H40N14O3. The molecule has 8 N–H and O–H groups in total. The Hall–Kier alpha value is -10.4. The van der Waals surface area contributed by atoms with Gasteiger partial charge in [0, 0.05) is 45.4 Å². The minimum atomic E-state index is -1.21. The Balaban J connectivity index is 0.000000164. The van der Waals surface area contributed by atoms with Crippen molar-refractivity contribution < 1.29 is 14.7 Å². The molecule has 0 atom stereocenters. The topological polar surface area (TPSA) is 276 Å². The molecule has 6 aromatic heterocycles. The summed E-state index contributed by atoms with van der Waals surface area (Å²) >= 11 is 0. The van der Waals surface area contributed by atoms with E-state index in [9.17, 15) is 14.7 Å². The molecule has 6 heterocycles. The Labute approximate surface area is 406 Å². The Bertz CT molecular complexity index is 3660. The minimum absolute atomic E-state index is 0.0161. The number of aromatic carboxylic acids is 1. The molecule has 71 heavy (non-hydrogen) atoms. The van der Waals surface area contributed by atoms with E-state index >= 15 is 0 Å². The number of nitrogens with one attached hydrogen (secondary N) is 1. The maximum atomic E-state index is 13.0. The number of anilines is 2. The summed E-state index contributed by atoms with van der Waals surface area (Å²) in [6.07, 6.45) is 3.47. The molecule has 0 bridgehead atoms. The average molecular weight is 933 g/mol. The summed E-state index contributed by atoms with van der Waals surface area (Å²) in [6, 6.07) is 50.3. The second-order valence-corrected chi connectivity index (χ2v) is 15.3. The number of aromatic nitrogens is 8. The van der Waals surface area contributed by atoms with Crippen molar-refractivity contribution in [2.24, 2.45) is 5.73 Å². The van der Waals surface area contributed by atoms with Gasteiger partial charge in [0.2, 0.25) is 0 Å². The molecule has 0 unspecified atom stereocenters. The predicted octanol–water partition coefficient (Wildman–Crippen LogP) is 8.87. The highest BCUT2D eigenvalue weighted by molar-refractivity contribution is 5.98. The lowest BCUT2D eigenvalue weighted by molar-refractivity contribution is 0.0691. The van der Waals surface area contributed by atoms with Crippen molar-refractivity contribution in [3.05, 3.63) is 210 Å². The lowest BCUT2D eigenvalue weighted by Crippen LogP contribution is -2.26. The molecule has 0 fully saturated rings. The third kappa shape index (κ3) is 11.3. The van der Waals surface area contributed by atoms with Crippen molar-refractivity contribution in [3.63, 3.8) is 0 Å². The van der Waals surface area contributed by atoms with E-state index in [1.165, 1.54) is 0 Å². The zero-order valence-corrected chi connectivity index (χ0v) is 37.5. The SMILES string of the molecule is N#Cc1cccc(CNC(=O)c2nc(-c3ccc4ncccc4c3)c(-c3ccccc3)nc2N)n1.Nc1nc(-c2ccccc2)c(-c2ccc3ncccc3c2)nc1C(=O)O.[C-]#[N+]c1cccc(CN)n1. The number of amides is 1. The second-order valence-electron chi connectivity index (χ2n) is 15.3. The number of carboxylic acids is 1. The lowest BCUT2D eigenvalue weighted by atomic mass is 10.0. The van der Waals surface area contributed by atoms with E-state index in [0.717, 1.165) is 49.8 Å². The Kier molecular flexibility index (Phi) is 14.6. The fraction of sp³-hybridized carbons (Fsp3) is 0.0370. The number of carbonyl (C=O) groups is 2. The summed E-state index contributed by atoms with van der Waals surface area (Å²) in [5, 5.41) is 23.1. The first-order chi connectivity index (χ1) is 34.6. The summed E-state index contributed by atoms with van der Waals surface area (Å²) in [5.74, 6) is -1.38. The molecule has 0 aliphatic rings. The first kappa shape index (κ1) is 47.1. The van der Waals surface area contributed by atoms with Crippen LogP contribution in [0.1, 0.15) is 38.1 Å². The average Bonchev–Trinajstić information content (AvgIpc) is 3.42. The smallest absolute Gasteiger partial charge is 0.358 e. The number of nitriles is 1. The van der Waals surface area contributed by atoms with Crippen LogP contribution in [0.4, 0.5) is 17.5 Å². The Morgan fingerprint density at radius 2 is 1.10 bits per heavy atom. The zero-order chi connectivity index (χ0) is 49.7. The third-order valence-electron chi connectivity index (χ3n) is 10.6. The van der Waals surface area contributed by atoms with Crippen molar-refractivity contribution in [3.8, 4) is 51.1 Å². The number of carboxylic acid groups (broad SMARTS) is 1. The van der Waals surface area contributed by atoms with Gasteiger partial charge in [-0.25, -0.2) is 29.7 Å². The molecular weight excluding hydrogens is 893 g/mol. The number of pyridine rings is 4. The molecule has 17 heteroatoms. The van der Waals surface area contributed by atoms with Crippen LogP contribution in [-0.4, -0.2) is 56.9 Å². The number of nitrogen functional groups attached to an aromatic ring is 2. The summed E-state index contributed by atoms with van der Waals surface area (Å²) in [5.41, 5.74) is 25.7. The van der Waals surface area contributed by atoms with Crippen LogP contribution in [0.5, 0.6) is 0 Å². The van der Waals surface area contributed by atoms with Crippen molar-refractivity contribution in [1.29, 1.82) is 5.26 Å². The lowest BCUT2D eigenvalue weighted by Gasteiger charge is -2.13. The standard InChI is InChI=1S/C27H19N7O.C20H14N4O2.C7H7N3/c28-15-20-9-4-10-21(32-20)16-31-27(35)25-26(29)34-23(17-6-2-1-3-7-17)24(33-25)19-11-12-22-18(14-19)8-5-13-30-22;21-19-18(20(25)26)23-17(16(24-19)12-5-2-1-3-6-12)14-8-9-15-13(11-14)7-4-10-22-15;1-9-7-4-2-3-6(5-8)10-7/h1-14H,16H2,(H2,29,34)(H,31,35);1-11H,(H2,21,24)(H,25,26);2-4H,5,8H2. The number of benzene rings is 4. The van der Waals surface area contributed by atoms with Crippen LogP contribution in [-0.2, 0) is 13.1 Å². The first-order valence-corrected chi connectivity index (χ1v) is 21.7. The van der Waals surface area contributed by atoms with Gasteiger partial charge >= 0.3 is 5.97 Å². The molecule has 4 aromatic carbocycles. The van der Waals surface area contributed by atoms with Gasteiger partial charge in [0.15, 0.2) is 23.0 Å². The normalized spacial score (nSPS) is 10.4. The predicted molar refractivity (Wildman–Crippen MR) is 271 cm³/mol. The van der Waals surface area contributed by atoms with E-state index in [4.69, 9.17) is 29.0 Å². The number of rotatable bonds is 9. The number of fused-ring (bicyclic) bond motifs is 2.